The third-order valence-electron chi connectivity index (χ3n) is 4.04. The number of nitrogens with one attached hydrogen (secondary N) is 2. The number of thioether (sulfide) groups is 1. The van der Waals surface area contributed by atoms with Crippen LogP contribution in [0.2, 0.25) is 0 Å². The number of hydrogen-bond acceptors (Lipinski definition) is 4. The second-order valence-corrected chi connectivity index (χ2v) is 9.11. The molecule has 0 atom stereocenters. The molecule has 2 N–H and O–H groups in total. The molecule has 0 saturated heterocycles. The maximum atomic E-state index is 12.6. The number of hydrogen-bond donors (Lipinski definition) is 2. The van der Waals surface area contributed by atoms with Gasteiger partial charge in [0.15, 0.2) is 0 Å². The van der Waals surface area contributed by atoms with E-state index >= 15 is 0 Å². The third-order valence-corrected chi connectivity index (χ3v) is 6.30. The molecule has 0 radical (unpaired) electrons. The van der Waals surface area contributed by atoms with Crippen LogP contribution in [-0.4, -0.2) is 27.1 Å². The Kier molecular flexibility index (Phi) is 7.89. The monoisotopic (exact) mass is 406 g/mol. The number of carbonyl (C=O) groups excluding carboxylic acids is 1. The van der Waals surface area contributed by atoms with Crippen molar-refractivity contribution >= 4 is 33.4 Å². The second kappa shape index (κ2) is 9.92. The highest BCUT2D eigenvalue weighted by Gasteiger charge is 2.17. The molecule has 0 aliphatic heterocycles. The molecule has 0 unspecified atom stereocenters. The molecule has 1 amide bonds. The third kappa shape index (κ3) is 6.37. The number of aryl methyl sites for hydroxylation is 1. The average Bonchev–Trinajstić information content (AvgIpc) is 2.66. The number of benzene rings is 2. The van der Waals surface area contributed by atoms with E-state index in [-0.39, 0.29) is 16.7 Å². The van der Waals surface area contributed by atoms with Gasteiger partial charge < -0.3 is 5.32 Å². The predicted molar refractivity (Wildman–Crippen MR) is 112 cm³/mol. The van der Waals surface area contributed by atoms with Gasteiger partial charge in [-0.1, -0.05) is 44.2 Å². The van der Waals surface area contributed by atoms with E-state index in [4.69, 9.17) is 0 Å². The quantitative estimate of drug-likeness (QED) is 0.489. The van der Waals surface area contributed by atoms with Crippen LogP contribution >= 0.6 is 11.8 Å². The number of anilines is 1. The number of sulfonamides is 1. The van der Waals surface area contributed by atoms with E-state index in [1.54, 1.807) is 26.0 Å². The standard InChI is InChI=1S/C20H26N2O3S2/c1-15(2)20(23)22-18-14-17(11-12-19(18)26-3)27(24,25)21-13-7-10-16-8-5-4-6-9-16/h4-6,8-9,11-12,14-15,21H,7,10,13H2,1-3H3,(H,22,23). The molecule has 146 valence electrons. The highest BCUT2D eigenvalue weighted by molar-refractivity contribution is 7.98. The van der Waals surface area contributed by atoms with Crippen molar-refractivity contribution in [1.29, 1.82) is 0 Å². The number of amides is 1. The molecular formula is C20H26N2O3S2. The van der Waals surface area contributed by atoms with Crippen LogP contribution in [0, 0.1) is 5.92 Å². The van der Waals surface area contributed by atoms with Gasteiger partial charge in [0.05, 0.1) is 10.6 Å². The summed E-state index contributed by atoms with van der Waals surface area (Å²) in [4.78, 5) is 13.0. The zero-order valence-corrected chi connectivity index (χ0v) is 17.5. The van der Waals surface area contributed by atoms with Gasteiger partial charge >= 0.3 is 0 Å². The summed E-state index contributed by atoms with van der Waals surface area (Å²) < 4.78 is 27.8. The summed E-state index contributed by atoms with van der Waals surface area (Å²) in [5, 5.41) is 2.81. The second-order valence-electron chi connectivity index (χ2n) is 6.49. The first kappa shape index (κ1) is 21.5. The van der Waals surface area contributed by atoms with Crippen LogP contribution in [-0.2, 0) is 21.2 Å². The Bertz CT molecular complexity index is 866. The molecule has 27 heavy (non-hydrogen) atoms. The molecule has 0 spiro atoms. The molecule has 2 aromatic rings. The molecule has 7 heteroatoms. The smallest absolute Gasteiger partial charge is 0.240 e. The van der Waals surface area contributed by atoms with Crippen LogP contribution in [0.3, 0.4) is 0 Å². The van der Waals surface area contributed by atoms with Crippen molar-refractivity contribution in [1.82, 2.24) is 4.72 Å². The first-order valence-corrected chi connectivity index (χ1v) is 11.6. The van der Waals surface area contributed by atoms with E-state index in [0.29, 0.717) is 18.7 Å². The molecule has 5 nitrogen and oxygen atoms in total. The summed E-state index contributed by atoms with van der Waals surface area (Å²) in [6.07, 6.45) is 3.41. The van der Waals surface area contributed by atoms with E-state index in [1.807, 2.05) is 36.6 Å². The van der Waals surface area contributed by atoms with E-state index in [2.05, 4.69) is 10.0 Å². The van der Waals surface area contributed by atoms with Gasteiger partial charge in [-0.2, -0.15) is 0 Å². The van der Waals surface area contributed by atoms with Gasteiger partial charge in [-0.3, -0.25) is 4.79 Å². The summed E-state index contributed by atoms with van der Waals surface area (Å²) in [7, 11) is -3.63. The fraction of sp³-hybridized carbons (Fsp3) is 0.350. The first-order valence-electron chi connectivity index (χ1n) is 8.86. The minimum atomic E-state index is -3.63. The molecule has 2 rings (SSSR count). The molecular weight excluding hydrogens is 380 g/mol. The zero-order chi connectivity index (χ0) is 19.9. The fourth-order valence-corrected chi connectivity index (χ4v) is 4.09. The Morgan fingerprint density at radius 1 is 1.11 bits per heavy atom. The molecule has 2 aromatic carbocycles. The lowest BCUT2D eigenvalue weighted by atomic mass is 10.1. The zero-order valence-electron chi connectivity index (χ0n) is 15.9. The van der Waals surface area contributed by atoms with Crippen molar-refractivity contribution in [2.45, 2.75) is 36.5 Å². The highest BCUT2D eigenvalue weighted by Crippen LogP contribution is 2.28. The first-order chi connectivity index (χ1) is 12.8. The van der Waals surface area contributed by atoms with Crippen LogP contribution in [0.1, 0.15) is 25.8 Å². The Morgan fingerprint density at radius 3 is 2.44 bits per heavy atom. The minimum Gasteiger partial charge on any atom is -0.325 e. The summed E-state index contributed by atoms with van der Waals surface area (Å²) in [6, 6.07) is 14.8. The molecule has 0 fully saturated rings. The van der Waals surface area contributed by atoms with Crippen molar-refractivity contribution in [3.05, 3.63) is 54.1 Å². The van der Waals surface area contributed by atoms with Gasteiger partial charge in [0, 0.05) is 17.4 Å². The molecule has 0 aliphatic carbocycles. The van der Waals surface area contributed by atoms with E-state index < -0.39 is 10.0 Å². The predicted octanol–water partition coefficient (Wildman–Crippen LogP) is 3.91. The average molecular weight is 407 g/mol. The Balaban J connectivity index is 2.05. The van der Waals surface area contributed by atoms with Gasteiger partial charge in [0.1, 0.15) is 0 Å². The van der Waals surface area contributed by atoms with Crippen molar-refractivity contribution in [2.24, 2.45) is 5.92 Å². The van der Waals surface area contributed by atoms with Gasteiger partial charge in [-0.25, -0.2) is 13.1 Å². The van der Waals surface area contributed by atoms with E-state index in [9.17, 15) is 13.2 Å². The van der Waals surface area contributed by atoms with E-state index in [0.717, 1.165) is 11.3 Å². The Hall–Kier alpha value is -1.83. The minimum absolute atomic E-state index is 0.143. The van der Waals surface area contributed by atoms with Crippen molar-refractivity contribution in [2.75, 3.05) is 18.1 Å². The van der Waals surface area contributed by atoms with E-state index in [1.165, 1.54) is 23.4 Å². The number of carbonyl (C=O) groups is 1. The van der Waals surface area contributed by atoms with Crippen molar-refractivity contribution < 1.29 is 13.2 Å². The Morgan fingerprint density at radius 2 is 1.81 bits per heavy atom. The van der Waals surface area contributed by atoms with Gasteiger partial charge in [-0.15, -0.1) is 11.8 Å². The van der Waals surface area contributed by atoms with Gasteiger partial charge in [-0.05, 0) is 42.9 Å². The highest BCUT2D eigenvalue weighted by atomic mass is 32.2. The van der Waals surface area contributed by atoms with Crippen LogP contribution in [0.25, 0.3) is 0 Å². The summed E-state index contributed by atoms with van der Waals surface area (Å²) in [5.74, 6) is -0.327. The van der Waals surface area contributed by atoms with Gasteiger partial charge in [0.2, 0.25) is 15.9 Å². The van der Waals surface area contributed by atoms with Crippen LogP contribution < -0.4 is 10.0 Å². The summed E-state index contributed by atoms with van der Waals surface area (Å²) in [6.45, 7) is 3.95. The maximum absolute atomic E-state index is 12.6. The van der Waals surface area contributed by atoms with Crippen LogP contribution in [0.15, 0.2) is 58.3 Å². The topological polar surface area (TPSA) is 75.3 Å². The largest absolute Gasteiger partial charge is 0.325 e. The maximum Gasteiger partial charge on any atom is 0.240 e. The van der Waals surface area contributed by atoms with Crippen LogP contribution in [0.5, 0.6) is 0 Å². The lowest BCUT2D eigenvalue weighted by molar-refractivity contribution is -0.118. The Labute approximate surface area is 166 Å². The molecule has 0 aromatic heterocycles. The molecule has 0 saturated carbocycles. The summed E-state index contributed by atoms with van der Waals surface area (Å²) >= 11 is 1.46. The molecule has 0 heterocycles. The normalized spacial score (nSPS) is 11.6. The summed E-state index contributed by atoms with van der Waals surface area (Å²) in [5.41, 5.74) is 1.70. The van der Waals surface area contributed by atoms with Crippen LogP contribution in [0.4, 0.5) is 5.69 Å². The van der Waals surface area contributed by atoms with Gasteiger partial charge in [0.25, 0.3) is 0 Å². The molecule has 0 aliphatic rings. The lowest BCUT2D eigenvalue weighted by Gasteiger charge is -2.14. The SMILES string of the molecule is CSc1ccc(S(=O)(=O)NCCCc2ccccc2)cc1NC(=O)C(C)C. The molecule has 0 bridgehead atoms. The van der Waals surface area contributed by atoms with Crippen molar-refractivity contribution in [3.63, 3.8) is 0 Å². The lowest BCUT2D eigenvalue weighted by Crippen LogP contribution is -2.25. The fourth-order valence-electron chi connectivity index (χ4n) is 2.46. The number of rotatable bonds is 9. The van der Waals surface area contributed by atoms with Crippen molar-refractivity contribution in [3.8, 4) is 0 Å².